The van der Waals surface area contributed by atoms with E-state index in [0.29, 0.717) is 25.1 Å². The van der Waals surface area contributed by atoms with Crippen LogP contribution in [0.25, 0.3) is 0 Å². The lowest BCUT2D eigenvalue weighted by Gasteiger charge is -2.35. The summed E-state index contributed by atoms with van der Waals surface area (Å²) >= 11 is 1.61. The smallest absolute Gasteiger partial charge is 0.408 e. The molecular formula is C29H47N3O4S. The second-order valence-corrected chi connectivity index (χ2v) is 11.8. The topological polar surface area (TPSA) is 87.7 Å². The van der Waals surface area contributed by atoms with Crippen molar-refractivity contribution in [3.05, 3.63) is 35.4 Å². The van der Waals surface area contributed by atoms with E-state index in [9.17, 15) is 14.4 Å². The molecule has 1 saturated carbocycles. The summed E-state index contributed by atoms with van der Waals surface area (Å²) in [5.41, 5.74) is 1.28. The van der Waals surface area contributed by atoms with Gasteiger partial charge in [0.2, 0.25) is 11.8 Å². The molecule has 1 aliphatic rings. The maximum Gasteiger partial charge on any atom is 0.408 e. The van der Waals surface area contributed by atoms with E-state index in [1.807, 2.05) is 37.4 Å². The Kier molecular flexibility index (Phi) is 12.8. The van der Waals surface area contributed by atoms with Crippen LogP contribution in [0, 0.1) is 0 Å². The Balaban J connectivity index is 2.40. The number of alkyl carbamates (subject to hydrolysis) is 1. The predicted octanol–water partition coefficient (Wildman–Crippen LogP) is 5.62. The van der Waals surface area contributed by atoms with E-state index in [1.165, 1.54) is 12.0 Å². The van der Waals surface area contributed by atoms with Gasteiger partial charge in [-0.1, -0.05) is 57.4 Å². The van der Waals surface area contributed by atoms with Gasteiger partial charge in [0.1, 0.15) is 17.7 Å². The van der Waals surface area contributed by atoms with Crippen LogP contribution in [0.3, 0.4) is 0 Å². The Morgan fingerprint density at radius 2 is 1.73 bits per heavy atom. The molecule has 0 aliphatic heterocycles. The molecule has 0 saturated heterocycles. The van der Waals surface area contributed by atoms with Crippen LogP contribution in [-0.4, -0.2) is 59.0 Å². The maximum atomic E-state index is 14.0. The molecule has 2 unspecified atom stereocenters. The van der Waals surface area contributed by atoms with Crippen molar-refractivity contribution in [1.29, 1.82) is 0 Å². The standard InChI is InChI=1S/C29H47N3O4S/c1-7-19-32(27(34)24(18-20-37-6)31-28(35)36-29(3,4)5)25(22-16-14-21(8-2)15-17-22)26(33)30-23-12-10-9-11-13-23/h14-17,23-25H,7-13,18-20H2,1-6H3,(H,30,33)(H,31,35). The molecule has 37 heavy (non-hydrogen) atoms. The van der Waals surface area contributed by atoms with Crippen molar-refractivity contribution in [3.63, 3.8) is 0 Å². The van der Waals surface area contributed by atoms with E-state index in [4.69, 9.17) is 4.74 Å². The minimum absolute atomic E-state index is 0.129. The number of ether oxygens (including phenoxy) is 1. The average molecular weight is 534 g/mol. The van der Waals surface area contributed by atoms with Crippen molar-refractivity contribution in [2.75, 3.05) is 18.6 Å². The van der Waals surface area contributed by atoms with Crippen LogP contribution >= 0.6 is 11.8 Å². The maximum absolute atomic E-state index is 14.0. The number of nitrogens with zero attached hydrogens (tertiary/aromatic N) is 1. The molecule has 2 N–H and O–H groups in total. The van der Waals surface area contributed by atoms with Crippen LogP contribution in [0.5, 0.6) is 0 Å². The highest BCUT2D eigenvalue weighted by Gasteiger charge is 2.36. The largest absolute Gasteiger partial charge is 0.444 e. The van der Waals surface area contributed by atoms with Crippen LogP contribution in [0.2, 0.25) is 0 Å². The number of rotatable bonds is 12. The van der Waals surface area contributed by atoms with Gasteiger partial charge in [0.25, 0.3) is 0 Å². The first-order chi connectivity index (χ1) is 17.6. The third kappa shape index (κ3) is 10.2. The van der Waals surface area contributed by atoms with Gasteiger partial charge in [-0.05, 0) is 76.0 Å². The number of thioether (sulfide) groups is 1. The average Bonchev–Trinajstić information content (AvgIpc) is 2.85. The monoisotopic (exact) mass is 533 g/mol. The minimum Gasteiger partial charge on any atom is -0.444 e. The summed E-state index contributed by atoms with van der Waals surface area (Å²) in [6.07, 6.45) is 8.71. The van der Waals surface area contributed by atoms with Crippen LogP contribution in [-0.2, 0) is 20.7 Å². The second-order valence-electron chi connectivity index (χ2n) is 10.9. The van der Waals surface area contributed by atoms with E-state index >= 15 is 0 Å². The molecule has 8 heteroatoms. The van der Waals surface area contributed by atoms with Crippen LogP contribution in [0.15, 0.2) is 24.3 Å². The van der Waals surface area contributed by atoms with Gasteiger partial charge in [0.15, 0.2) is 0 Å². The molecule has 1 aromatic carbocycles. The second kappa shape index (κ2) is 15.3. The molecule has 208 valence electrons. The molecule has 0 spiro atoms. The Bertz CT molecular complexity index is 863. The number of carbonyl (C=O) groups is 3. The summed E-state index contributed by atoms with van der Waals surface area (Å²) in [5, 5.41) is 6.04. The molecule has 0 bridgehead atoms. The highest BCUT2D eigenvalue weighted by Crippen LogP contribution is 2.26. The molecule has 1 fully saturated rings. The summed E-state index contributed by atoms with van der Waals surface area (Å²) in [6, 6.07) is 6.54. The molecule has 7 nitrogen and oxygen atoms in total. The van der Waals surface area contributed by atoms with Crippen molar-refractivity contribution in [3.8, 4) is 0 Å². The van der Waals surface area contributed by atoms with Gasteiger partial charge in [-0.2, -0.15) is 11.8 Å². The number of benzene rings is 1. The first-order valence-electron chi connectivity index (χ1n) is 13.8. The van der Waals surface area contributed by atoms with Gasteiger partial charge in [-0.15, -0.1) is 0 Å². The Hall–Kier alpha value is -2.22. The molecule has 3 amide bonds. The summed E-state index contributed by atoms with van der Waals surface area (Å²) in [6.45, 7) is 9.87. The van der Waals surface area contributed by atoms with Crippen molar-refractivity contribution < 1.29 is 19.1 Å². The van der Waals surface area contributed by atoms with Gasteiger partial charge in [0.05, 0.1) is 0 Å². The fourth-order valence-corrected chi connectivity index (χ4v) is 5.16. The van der Waals surface area contributed by atoms with E-state index in [0.717, 1.165) is 37.7 Å². The van der Waals surface area contributed by atoms with Gasteiger partial charge in [0, 0.05) is 12.6 Å². The van der Waals surface area contributed by atoms with Gasteiger partial charge in [-0.3, -0.25) is 9.59 Å². The lowest BCUT2D eigenvalue weighted by molar-refractivity contribution is -0.143. The van der Waals surface area contributed by atoms with Crippen LogP contribution in [0.4, 0.5) is 4.79 Å². The number of amides is 3. The van der Waals surface area contributed by atoms with Gasteiger partial charge in [-0.25, -0.2) is 4.79 Å². The van der Waals surface area contributed by atoms with Gasteiger partial charge < -0.3 is 20.3 Å². The molecule has 0 radical (unpaired) electrons. The summed E-state index contributed by atoms with van der Waals surface area (Å²) in [7, 11) is 0. The molecule has 2 rings (SSSR count). The predicted molar refractivity (Wildman–Crippen MR) is 152 cm³/mol. The fourth-order valence-electron chi connectivity index (χ4n) is 4.69. The van der Waals surface area contributed by atoms with Crippen LogP contribution in [0.1, 0.15) is 96.7 Å². The molecule has 1 aromatic rings. The van der Waals surface area contributed by atoms with Gasteiger partial charge >= 0.3 is 6.09 Å². The number of hydrogen-bond acceptors (Lipinski definition) is 5. The van der Waals surface area contributed by atoms with E-state index in [-0.39, 0.29) is 17.9 Å². The zero-order valence-electron chi connectivity index (χ0n) is 23.6. The third-order valence-corrected chi connectivity index (χ3v) is 7.21. The fraction of sp³-hybridized carbons (Fsp3) is 0.690. The number of nitrogens with one attached hydrogen (secondary N) is 2. The molecule has 0 heterocycles. The quantitative estimate of drug-likeness (QED) is 0.364. The Morgan fingerprint density at radius 1 is 1.08 bits per heavy atom. The third-order valence-electron chi connectivity index (χ3n) is 6.56. The first-order valence-corrected chi connectivity index (χ1v) is 15.2. The lowest BCUT2D eigenvalue weighted by Crippen LogP contribution is -2.54. The zero-order chi connectivity index (χ0) is 27.4. The summed E-state index contributed by atoms with van der Waals surface area (Å²) in [5.74, 6) is 0.278. The van der Waals surface area contributed by atoms with Crippen LogP contribution < -0.4 is 10.6 Å². The molecule has 2 atom stereocenters. The highest BCUT2D eigenvalue weighted by atomic mass is 32.2. The molecule has 1 aliphatic carbocycles. The first kappa shape index (κ1) is 31.0. The Labute approximate surface area is 227 Å². The summed E-state index contributed by atoms with van der Waals surface area (Å²) < 4.78 is 5.45. The summed E-state index contributed by atoms with van der Waals surface area (Å²) in [4.78, 5) is 42.1. The molecule has 0 aromatic heterocycles. The number of hydrogen-bond donors (Lipinski definition) is 2. The lowest BCUT2D eigenvalue weighted by atomic mass is 9.94. The van der Waals surface area contributed by atoms with E-state index in [1.54, 1.807) is 37.4 Å². The van der Waals surface area contributed by atoms with Crippen molar-refractivity contribution in [2.24, 2.45) is 0 Å². The minimum atomic E-state index is -0.784. The SMILES string of the molecule is CCCN(C(=O)C(CCSC)NC(=O)OC(C)(C)C)C(C(=O)NC1CCCCC1)c1ccc(CC)cc1. The van der Waals surface area contributed by atoms with Crippen molar-refractivity contribution in [2.45, 2.75) is 110 Å². The normalized spacial score (nSPS) is 15.9. The number of aryl methyl sites for hydroxylation is 1. The van der Waals surface area contributed by atoms with E-state index < -0.39 is 23.8 Å². The highest BCUT2D eigenvalue weighted by molar-refractivity contribution is 7.98. The Morgan fingerprint density at radius 3 is 2.27 bits per heavy atom. The molecular weight excluding hydrogens is 486 g/mol. The van der Waals surface area contributed by atoms with Crippen molar-refractivity contribution >= 4 is 29.7 Å². The van der Waals surface area contributed by atoms with Crippen molar-refractivity contribution in [1.82, 2.24) is 15.5 Å². The zero-order valence-corrected chi connectivity index (χ0v) is 24.4. The van der Waals surface area contributed by atoms with E-state index in [2.05, 4.69) is 17.6 Å². The number of carbonyl (C=O) groups excluding carboxylic acids is 3.